The van der Waals surface area contributed by atoms with Crippen molar-refractivity contribution in [1.82, 2.24) is 20.6 Å². The Labute approximate surface area is 203 Å². The van der Waals surface area contributed by atoms with E-state index in [0.29, 0.717) is 28.6 Å². The number of nitrogens with one attached hydrogen (secondary N) is 3. The first-order valence-electron chi connectivity index (χ1n) is 11.3. The molecule has 3 N–H and O–H groups in total. The van der Waals surface area contributed by atoms with Crippen LogP contribution in [-0.2, 0) is 11.2 Å². The van der Waals surface area contributed by atoms with E-state index in [-0.39, 0.29) is 11.1 Å². The third-order valence-electron chi connectivity index (χ3n) is 5.95. The number of hydrogen-bond donors (Lipinski definition) is 3. The summed E-state index contributed by atoms with van der Waals surface area (Å²) in [5.74, 6) is 1.65. The van der Waals surface area contributed by atoms with E-state index in [1.54, 1.807) is 32.6 Å². The van der Waals surface area contributed by atoms with Crippen LogP contribution in [-0.4, -0.2) is 54.0 Å². The smallest absolute Gasteiger partial charge is 0.290 e. The molecule has 1 saturated carbocycles. The third-order valence-corrected chi connectivity index (χ3v) is 6.76. The van der Waals surface area contributed by atoms with Crippen molar-refractivity contribution in [2.24, 2.45) is 0 Å². The average molecular weight is 484 g/mol. The van der Waals surface area contributed by atoms with Crippen molar-refractivity contribution in [2.45, 2.75) is 44.2 Å². The summed E-state index contributed by atoms with van der Waals surface area (Å²) >= 11 is 0.880. The molecule has 2 fully saturated rings. The monoisotopic (exact) mass is 483 g/mol. The largest absolute Gasteiger partial charge is 0.493 e. The molecule has 9 nitrogen and oxygen atoms in total. The topological polar surface area (TPSA) is 114 Å². The molecule has 2 aromatic rings. The minimum atomic E-state index is -0.389. The lowest BCUT2D eigenvalue weighted by molar-refractivity contribution is -0.115. The van der Waals surface area contributed by atoms with Crippen LogP contribution in [0, 0.1) is 0 Å². The molecular formula is C24H29N5O4S. The second kappa shape index (κ2) is 11.3. The van der Waals surface area contributed by atoms with Crippen LogP contribution in [0.3, 0.4) is 0 Å². The van der Waals surface area contributed by atoms with Crippen LogP contribution in [0.15, 0.2) is 35.4 Å². The number of rotatable bonds is 9. The Bertz CT molecular complexity index is 1070. The number of thioether (sulfide) groups is 1. The first-order chi connectivity index (χ1) is 16.5. The lowest BCUT2D eigenvalue weighted by Gasteiger charge is -2.29. The van der Waals surface area contributed by atoms with Crippen LogP contribution in [0.4, 0.5) is 10.7 Å². The number of carbonyl (C=O) groups excluding carboxylic acids is 2. The van der Waals surface area contributed by atoms with Crippen molar-refractivity contribution >= 4 is 34.9 Å². The molecule has 0 unspecified atom stereocenters. The first-order valence-corrected chi connectivity index (χ1v) is 12.1. The van der Waals surface area contributed by atoms with Gasteiger partial charge < -0.3 is 20.1 Å². The summed E-state index contributed by atoms with van der Waals surface area (Å²) < 4.78 is 10.7. The zero-order valence-corrected chi connectivity index (χ0v) is 20.1. The fourth-order valence-corrected chi connectivity index (χ4v) is 4.83. The first kappa shape index (κ1) is 24.0. The van der Waals surface area contributed by atoms with Gasteiger partial charge in [-0.2, -0.15) is 0 Å². The van der Waals surface area contributed by atoms with Gasteiger partial charge in [0, 0.05) is 18.3 Å². The molecule has 1 aromatic heterocycles. The Morgan fingerprint density at radius 1 is 1.09 bits per heavy atom. The predicted octanol–water partition coefficient (Wildman–Crippen LogP) is 3.37. The van der Waals surface area contributed by atoms with Crippen molar-refractivity contribution in [3.05, 3.63) is 46.6 Å². The van der Waals surface area contributed by atoms with E-state index in [0.717, 1.165) is 61.9 Å². The van der Waals surface area contributed by atoms with Gasteiger partial charge in [0.25, 0.3) is 11.1 Å². The molecule has 0 bridgehead atoms. The molecular weight excluding hydrogens is 454 g/mol. The van der Waals surface area contributed by atoms with Gasteiger partial charge in [0.05, 0.1) is 24.8 Å². The molecule has 1 aromatic carbocycles. The minimum Gasteiger partial charge on any atom is -0.493 e. The summed E-state index contributed by atoms with van der Waals surface area (Å²) in [6.45, 7) is 0.909. The Morgan fingerprint density at radius 3 is 2.56 bits per heavy atom. The van der Waals surface area contributed by atoms with Crippen molar-refractivity contribution in [1.29, 1.82) is 0 Å². The number of methoxy groups -OCH3 is 2. The molecule has 4 rings (SSSR count). The number of imide groups is 1. The number of aromatic nitrogens is 2. The highest BCUT2D eigenvalue weighted by molar-refractivity contribution is 8.18. The average Bonchev–Trinajstić information content (AvgIpc) is 3.16. The van der Waals surface area contributed by atoms with E-state index < -0.39 is 0 Å². The number of anilines is 1. The summed E-state index contributed by atoms with van der Waals surface area (Å²) in [5.41, 5.74) is 1.81. The minimum absolute atomic E-state index is 0.303. The van der Waals surface area contributed by atoms with Crippen LogP contribution in [0.25, 0.3) is 6.08 Å². The number of amides is 2. The summed E-state index contributed by atoms with van der Waals surface area (Å²) in [5, 5.41) is 8.97. The maximum absolute atomic E-state index is 11.7. The van der Waals surface area contributed by atoms with Crippen molar-refractivity contribution in [3.8, 4) is 11.5 Å². The van der Waals surface area contributed by atoms with Crippen LogP contribution < -0.4 is 25.4 Å². The molecule has 2 amide bonds. The number of hydrogen-bond acceptors (Lipinski definition) is 9. The normalized spacial score (nSPS) is 21.4. The Kier molecular flexibility index (Phi) is 8.02. The maximum Gasteiger partial charge on any atom is 0.290 e. The van der Waals surface area contributed by atoms with Crippen molar-refractivity contribution in [2.75, 3.05) is 26.1 Å². The highest BCUT2D eigenvalue weighted by Crippen LogP contribution is 2.28. The van der Waals surface area contributed by atoms with Gasteiger partial charge in [-0.05, 0) is 80.2 Å². The molecule has 2 aliphatic rings. The van der Waals surface area contributed by atoms with E-state index in [1.165, 1.54) is 5.56 Å². The summed E-state index contributed by atoms with van der Waals surface area (Å²) in [7, 11) is 3.30. The number of ether oxygens (including phenoxy) is 2. The van der Waals surface area contributed by atoms with Crippen LogP contribution in [0.5, 0.6) is 11.5 Å². The van der Waals surface area contributed by atoms with Crippen molar-refractivity contribution < 1.29 is 19.1 Å². The van der Waals surface area contributed by atoms with E-state index in [9.17, 15) is 9.59 Å². The summed E-state index contributed by atoms with van der Waals surface area (Å²) in [4.78, 5) is 32.2. The Balaban J connectivity index is 1.22. The lowest BCUT2D eigenvalue weighted by Crippen LogP contribution is -2.38. The van der Waals surface area contributed by atoms with Crippen LogP contribution >= 0.6 is 11.8 Å². The van der Waals surface area contributed by atoms with E-state index >= 15 is 0 Å². The molecule has 2 heterocycles. The quantitative estimate of drug-likeness (QED) is 0.462. The van der Waals surface area contributed by atoms with E-state index in [2.05, 4.69) is 32.0 Å². The van der Waals surface area contributed by atoms with Gasteiger partial charge in [-0.3, -0.25) is 14.9 Å². The second-order valence-corrected chi connectivity index (χ2v) is 9.26. The predicted molar refractivity (Wildman–Crippen MR) is 132 cm³/mol. The van der Waals surface area contributed by atoms with Gasteiger partial charge in [-0.15, -0.1) is 0 Å². The molecule has 0 spiro atoms. The molecule has 1 aliphatic carbocycles. The maximum atomic E-state index is 11.7. The van der Waals surface area contributed by atoms with Crippen LogP contribution in [0.1, 0.15) is 36.9 Å². The van der Waals surface area contributed by atoms with Crippen molar-refractivity contribution in [3.63, 3.8) is 0 Å². The number of benzene rings is 1. The highest BCUT2D eigenvalue weighted by atomic mass is 32.2. The van der Waals surface area contributed by atoms with Gasteiger partial charge in [0.2, 0.25) is 5.95 Å². The zero-order chi connectivity index (χ0) is 23.9. The van der Waals surface area contributed by atoms with Gasteiger partial charge >= 0.3 is 0 Å². The molecule has 1 saturated heterocycles. The third kappa shape index (κ3) is 6.27. The number of carbonyl (C=O) groups is 2. The molecule has 0 atom stereocenters. The fourth-order valence-electron chi connectivity index (χ4n) is 4.16. The lowest BCUT2D eigenvalue weighted by atomic mass is 9.91. The zero-order valence-electron chi connectivity index (χ0n) is 19.3. The van der Waals surface area contributed by atoms with E-state index in [4.69, 9.17) is 9.47 Å². The van der Waals surface area contributed by atoms with E-state index in [1.807, 2.05) is 12.1 Å². The Morgan fingerprint density at radius 2 is 1.85 bits per heavy atom. The molecule has 180 valence electrons. The molecule has 1 aliphatic heterocycles. The second-order valence-electron chi connectivity index (χ2n) is 8.24. The van der Waals surface area contributed by atoms with Gasteiger partial charge in [-0.1, -0.05) is 6.07 Å². The fraction of sp³-hybridized carbons (Fsp3) is 0.417. The molecule has 10 heteroatoms. The Hall–Kier alpha value is -3.11. The van der Waals surface area contributed by atoms with Gasteiger partial charge in [0.15, 0.2) is 11.5 Å². The van der Waals surface area contributed by atoms with Gasteiger partial charge in [0.1, 0.15) is 0 Å². The SMILES string of the molecule is COc1ccc(CCN[C@H]2CC[C@H](Nc3nccc(/C=C4\SC(=O)NC4=O)n3)CC2)cc1OC. The van der Waals surface area contributed by atoms with Crippen LogP contribution in [0.2, 0.25) is 0 Å². The molecule has 0 radical (unpaired) electrons. The summed E-state index contributed by atoms with van der Waals surface area (Å²) in [6, 6.07) is 8.56. The van der Waals surface area contributed by atoms with Gasteiger partial charge in [-0.25, -0.2) is 9.97 Å². The number of nitrogens with zero attached hydrogens (tertiary/aromatic N) is 2. The molecule has 34 heavy (non-hydrogen) atoms. The summed E-state index contributed by atoms with van der Waals surface area (Å²) in [6.07, 6.45) is 8.39. The standard InChI is InChI=1S/C24H29N5O4S/c1-32-19-8-3-15(13-20(19)33-2)9-11-25-16-4-6-17(7-5-16)27-23-26-12-10-18(28-23)14-21-22(30)29-24(31)34-21/h3,8,10,12-14,16-17,25H,4-7,9,11H2,1-2H3,(H,26,27,28)(H,29,30,31)/b21-14-/t16-,17-. The highest BCUT2D eigenvalue weighted by Gasteiger charge is 2.25.